The van der Waals surface area contributed by atoms with Gasteiger partial charge in [0.05, 0.1) is 12.4 Å². The van der Waals surface area contributed by atoms with E-state index in [-0.39, 0.29) is 0 Å². The van der Waals surface area contributed by atoms with Gasteiger partial charge < -0.3 is 14.8 Å². The third-order valence-corrected chi connectivity index (χ3v) is 4.44. The van der Waals surface area contributed by atoms with Crippen LogP contribution in [0.15, 0.2) is 25.0 Å². The summed E-state index contributed by atoms with van der Waals surface area (Å²) in [6.07, 6.45) is 8.36. The van der Waals surface area contributed by atoms with E-state index in [1.807, 2.05) is 25.8 Å². The molecule has 3 heterocycles. The fourth-order valence-corrected chi connectivity index (χ4v) is 3.13. The van der Waals surface area contributed by atoms with Gasteiger partial charge in [0.1, 0.15) is 12.0 Å². The van der Waals surface area contributed by atoms with Gasteiger partial charge in [-0.05, 0) is 12.3 Å². The van der Waals surface area contributed by atoms with Gasteiger partial charge in [0.2, 0.25) is 0 Å². The molecule has 1 aliphatic rings. The topological polar surface area (TPSA) is 58.9 Å². The highest BCUT2D eigenvalue weighted by atomic mass is 35.5. The van der Waals surface area contributed by atoms with Crippen LogP contribution >= 0.6 is 11.6 Å². The number of hydrogen-bond acceptors (Lipinski definition) is 5. The zero-order valence-corrected chi connectivity index (χ0v) is 13.0. The highest BCUT2D eigenvalue weighted by Crippen LogP contribution is 2.34. The highest BCUT2D eigenvalue weighted by Gasteiger charge is 2.29. The Kier molecular flexibility index (Phi) is 3.96. The Morgan fingerprint density at radius 1 is 1.38 bits per heavy atom. The van der Waals surface area contributed by atoms with Crippen molar-refractivity contribution in [3.63, 3.8) is 0 Å². The summed E-state index contributed by atoms with van der Waals surface area (Å²) < 4.78 is 2.18. The summed E-state index contributed by atoms with van der Waals surface area (Å²) in [4.78, 5) is 14.9. The molecule has 1 saturated heterocycles. The van der Waals surface area contributed by atoms with Crippen molar-refractivity contribution < 1.29 is 0 Å². The summed E-state index contributed by atoms with van der Waals surface area (Å²) in [5.74, 6) is 1.47. The summed E-state index contributed by atoms with van der Waals surface area (Å²) in [7, 11) is 1.84. The molecule has 1 aliphatic heterocycles. The Balaban J connectivity index is 1.89. The SMILES string of the molecule is CNc1c(Cl)ncnc1N1CCC(C)C(n2ccnc2)C1. The maximum Gasteiger partial charge on any atom is 0.157 e. The van der Waals surface area contributed by atoms with E-state index in [0.29, 0.717) is 17.1 Å². The van der Waals surface area contributed by atoms with Crippen molar-refractivity contribution in [2.75, 3.05) is 30.4 Å². The maximum atomic E-state index is 6.16. The number of halogens is 1. The highest BCUT2D eigenvalue weighted by molar-refractivity contribution is 6.32. The van der Waals surface area contributed by atoms with Crippen LogP contribution in [0.25, 0.3) is 0 Å². The van der Waals surface area contributed by atoms with Crippen LogP contribution in [0.3, 0.4) is 0 Å². The first-order chi connectivity index (χ1) is 10.2. The molecular formula is C14H19ClN6. The zero-order valence-electron chi connectivity index (χ0n) is 12.2. The molecule has 1 fully saturated rings. The van der Waals surface area contributed by atoms with Crippen molar-refractivity contribution in [3.8, 4) is 0 Å². The van der Waals surface area contributed by atoms with Gasteiger partial charge in [0, 0.05) is 32.5 Å². The lowest BCUT2D eigenvalue weighted by Gasteiger charge is -2.38. The second-order valence-electron chi connectivity index (χ2n) is 5.40. The molecule has 0 amide bonds. The van der Waals surface area contributed by atoms with Crippen LogP contribution in [0.1, 0.15) is 19.4 Å². The second-order valence-corrected chi connectivity index (χ2v) is 5.76. The molecule has 21 heavy (non-hydrogen) atoms. The van der Waals surface area contributed by atoms with Crippen molar-refractivity contribution in [1.82, 2.24) is 19.5 Å². The standard InChI is InChI=1S/C14H19ClN6/c1-10-3-5-20(7-11(10)21-6-4-17-9-21)14-12(16-2)13(15)18-8-19-14/h4,6,8-11,16H,3,5,7H2,1-2H3. The van der Waals surface area contributed by atoms with E-state index < -0.39 is 0 Å². The number of hydrogen-bond donors (Lipinski definition) is 1. The summed E-state index contributed by atoms with van der Waals surface area (Å²) in [5.41, 5.74) is 0.790. The van der Waals surface area contributed by atoms with Gasteiger partial charge in [0.15, 0.2) is 11.0 Å². The lowest BCUT2D eigenvalue weighted by molar-refractivity contribution is 0.298. The Morgan fingerprint density at radius 2 is 2.24 bits per heavy atom. The predicted octanol–water partition coefficient (Wildman–Crippen LogP) is 2.46. The molecule has 6 nitrogen and oxygen atoms in total. The van der Waals surface area contributed by atoms with E-state index in [0.717, 1.165) is 31.0 Å². The molecule has 2 unspecified atom stereocenters. The van der Waals surface area contributed by atoms with Crippen LogP contribution in [0, 0.1) is 5.92 Å². The van der Waals surface area contributed by atoms with Crippen LogP contribution in [-0.2, 0) is 0 Å². The van der Waals surface area contributed by atoms with E-state index in [1.54, 1.807) is 0 Å². The summed E-state index contributed by atoms with van der Waals surface area (Å²) in [6.45, 7) is 4.14. The van der Waals surface area contributed by atoms with Crippen molar-refractivity contribution in [3.05, 3.63) is 30.2 Å². The van der Waals surface area contributed by atoms with Gasteiger partial charge in [-0.3, -0.25) is 0 Å². The molecule has 0 bridgehead atoms. The molecule has 0 saturated carbocycles. The van der Waals surface area contributed by atoms with Crippen molar-refractivity contribution in [2.45, 2.75) is 19.4 Å². The number of piperidine rings is 1. The molecule has 3 rings (SSSR count). The molecule has 2 atom stereocenters. The molecule has 2 aromatic heterocycles. The predicted molar refractivity (Wildman–Crippen MR) is 83.8 cm³/mol. The lowest BCUT2D eigenvalue weighted by atomic mass is 9.93. The molecular weight excluding hydrogens is 288 g/mol. The van der Waals surface area contributed by atoms with Gasteiger partial charge in [-0.15, -0.1) is 0 Å². The summed E-state index contributed by atoms with van der Waals surface area (Å²) in [5, 5.41) is 3.56. The molecule has 7 heteroatoms. The zero-order chi connectivity index (χ0) is 14.8. The number of imidazole rings is 1. The Bertz CT molecular complexity index is 600. The first-order valence-electron chi connectivity index (χ1n) is 7.11. The Hall–Kier alpha value is -1.82. The molecule has 0 radical (unpaired) electrons. The molecule has 0 aromatic carbocycles. The second kappa shape index (κ2) is 5.89. The van der Waals surface area contributed by atoms with Gasteiger partial charge in [-0.1, -0.05) is 18.5 Å². The van der Waals surface area contributed by atoms with Crippen molar-refractivity contribution in [2.24, 2.45) is 5.92 Å². The molecule has 112 valence electrons. The van der Waals surface area contributed by atoms with Crippen LogP contribution in [-0.4, -0.2) is 39.7 Å². The lowest BCUT2D eigenvalue weighted by Crippen LogP contribution is -2.41. The summed E-state index contributed by atoms with van der Waals surface area (Å²) >= 11 is 6.16. The maximum absolute atomic E-state index is 6.16. The molecule has 0 aliphatic carbocycles. The fraction of sp³-hybridized carbons (Fsp3) is 0.500. The van der Waals surface area contributed by atoms with E-state index in [4.69, 9.17) is 11.6 Å². The molecule has 0 spiro atoms. The number of aromatic nitrogens is 4. The average Bonchev–Trinajstić information content (AvgIpc) is 3.01. The van der Waals surface area contributed by atoms with E-state index in [9.17, 15) is 0 Å². The number of rotatable bonds is 3. The monoisotopic (exact) mass is 306 g/mol. The number of nitrogens with one attached hydrogen (secondary N) is 1. The van der Waals surface area contributed by atoms with Crippen LogP contribution < -0.4 is 10.2 Å². The molecule has 2 aromatic rings. The molecule has 1 N–H and O–H groups in total. The van der Waals surface area contributed by atoms with E-state index in [2.05, 4.69) is 36.7 Å². The Morgan fingerprint density at radius 3 is 2.95 bits per heavy atom. The van der Waals surface area contributed by atoms with Crippen LogP contribution in [0.2, 0.25) is 5.15 Å². The Labute approximate surface area is 129 Å². The van der Waals surface area contributed by atoms with Gasteiger partial charge in [0.25, 0.3) is 0 Å². The summed E-state index contributed by atoms with van der Waals surface area (Å²) in [6, 6.07) is 0.389. The minimum atomic E-state index is 0.389. The fourth-order valence-electron chi connectivity index (χ4n) is 2.91. The quantitative estimate of drug-likeness (QED) is 0.883. The van der Waals surface area contributed by atoms with Crippen molar-refractivity contribution >= 4 is 23.1 Å². The third-order valence-electron chi connectivity index (χ3n) is 4.16. The third kappa shape index (κ3) is 2.68. The first-order valence-corrected chi connectivity index (χ1v) is 7.49. The number of nitrogens with zero attached hydrogens (tertiary/aromatic N) is 5. The minimum Gasteiger partial charge on any atom is -0.383 e. The average molecular weight is 307 g/mol. The number of anilines is 2. The first kappa shape index (κ1) is 14.1. The van der Waals surface area contributed by atoms with Crippen molar-refractivity contribution in [1.29, 1.82) is 0 Å². The largest absolute Gasteiger partial charge is 0.383 e. The van der Waals surface area contributed by atoms with E-state index >= 15 is 0 Å². The van der Waals surface area contributed by atoms with Gasteiger partial charge in [-0.2, -0.15) is 0 Å². The van der Waals surface area contributed by atoms with E-state index in [1.165, 1.54) is 6.33 Å². The smallest absolute Gasteiger partial charge is 0.157 e. The van der Waals surface area contributed by atoms with Gasteiger partial charge >= 0.3 is 0 Å². The van der Waals surface area contributed by atoms with Gasteiger partial charge in [-0.25, -0.2) is 15.0 Å². The minimum absolute atomic E-state index is 0.389. The van der Waals surface area contributed by atoms with Crippen LogP contribution in [0.4, 0.5) is 11.5 Å². The normalized spacial score (nSPS) is 22.3. The van der Waals surface area contributed by atoms with Crippen LogP contribution in [0.5, 0.6) is 0 Å².